The molecule has 0 atom stereocenters. The number of benzene rings is 1. The maximum atomic E-state index is 14.0. The van der Waals surface area contributed by atoms with Gasteiger partial charge in [0.15, 0.2) is 0 Å². The Morgan fingerprint density at radius 2 is 1.78 bits per heavy atom. The van der Waals surface area contributed by atoms with Crippen molar-refractivity contribution in [2.24, 2.45) is 5.92 Å². The number of aliphatic hydroxyl groups is 1. The van der Waals surface area contributed by atoms with Gasteiger partial charge in [0, 0.05) is 62.3 Å². The highest BCUT2D eigenvalue weighted by Crippen LogP contribution is 2.32. The van der Waals surface area contributed by atoms with Crippen LogP contribution in [0.15, 0.2) is 29.2 Å². The molecular formula is C28H38N6O2. The maximum Gasteiger partial charge on any atom is 0.260 e. The van der Waals surface area contributed by atoms with Crippen LogP contribution < -0.4 is 10.9 Å². The van der Waals surface area contributed by atoms with E-state index in [1.807, 2.05) is 10.8 Å². The van der Waals surface area contributed by atoms with Gasteiger partial charge < -0.3 is 15.3 Å². The number of hydrogen-bond acceptors (Lipinski definition) is 7. The van der Waals surface area contributed by atoms with Crippen molar-refractivity contribution in [2.75, 3.05) is 45.1 Å². The van der Waals surface area contributed by atoms with Gasteiger partial charge in [-0.2, -0.15) is 4.98 Å². The minimum atomic E-state index is -0.270. The number of pyridine rings is 1. The largest absolute Gasteiger partial charge is 0.393 e. The number of nitrogens with one attached hydrogen (secondary N) is 1. The number of piperazine rings is 1. The lowest BCUT2D eigenvalue weighted by Crippen LogP contribution is -2.43. The van der Waals surface area contributed by atoms with Crippen LogP contribution >= 0.6 is 0 Å². The van der Waals surface area contributed by atoms with E-state index in [4.69, 9.17) is 4.98 Å². The molecule has 8 nitrogen and oxygen atoms in total. The van der Waals surface area contributed by atoms with Gasteiger partial charge in [0.1, 0.15) is 5.65 Å². The fraction of sp³-hybridized carbons (Fsp3) is 0.607. The molecule has 3 heterocycles. The molecule has 2 saturated carbocycles. The lowest BCUT2D eigenvalue weighted by atomic mass is 9.85. The van der Waals surface area contributed by atoms with Gasteiger partial charge in [0.25, 0.3) is 5.56 Å². The van der Waals surface area contributed by atoms with Gasteiger partial charge in [-0.3, -0.25) is 14.3 Å². The molecule has 2 aromatic heterocycles. The van der Waals surface area contributed by atoms with Crippen LogP contribution in [0.4, 0.5) is 5.95 Å². The summed E-state index contributed by atoms with van der Waals surface area (Å²) in [6.07, 6.45) is 8.47. The Labute approximate surface area is 212 Å². The minimum Gasteiger partial charge on any atom is -0.393 e. The van der Waals surface area contributed by atoms with E-state index in [0.29, 0.717) is 17.5 Å². The standard InChI is InChI=1S/C28H38N6O2/c1-32-11-13-33(14-12-32)18-20-5-10-23-24(15-20)27(36)34(21-6-8-22(35)9-7-21)26-25(23)17-30-28(31-26)29-16-19-3-2-4-19/h5,10,15,17,19,21-22,35H,2-4,6-9,11-14,16,18H2,1H3,(H,29,30,31)/t21-,22-. The summed E-state index contributed by atoms with van der Waals surface area (Å²) < 4.78 is 1.92. The van der Waals surface area contributed by atoms with E-state index in [-0.39, 0.29) is 17.7 Å². The second kappa shape index (κ2) is 10.1. The fourth-order valence-corrected chi connectivity index (χ4v) is 6.01. The predicted molar refractivity (Wildman–Crippen MR) is 143 cm³/mol. The lowest BCUT2D eigenvalue weighted by molar-refractivity contribution is 0.111. The van der Waals surface area contributed by atoms with Crippen molar-refractivity contribution >= 4 is 27.8 Å². The normalized spacial score (nSPS) is 24.3. The Morgan fingerprint density at radius 3 is 2.50 bits per heavy atom. The average molecular weight is 491 g/mol. The number of aromatic nitrogens is 3. The van der Waals surface area contributed by atoms with Crippen LogP contribution in [0.25, 0.3) is 21.8 Å². The van der Waals surface area contributed by atoms with Gasteiger partial charge in [-0.15, -0.1) is 0 Å². The van der Waals surface area contributed by atoms with E-state index in [9.17, 15) is 9.90 Å². The van der Waals surface area contributed by atoms with E-state index in [0.717, 1.165) is 81.1 Å². The molecule has 0 unspecified atom stereocenters. The zero-order valence-electron chi connectivity index (χ0n) is 21.3. The summed E-state index contributed by atoms with van der Waals surface area (Å²) in [7, 11) is 2.17. The van der Waals surface area contributed by atoms with Gasteiger partial charge in [-0.05, 0) is 68.5 Å². The molecule has 1 aliphatic heterocycles. The molecular weight excluding hydrogens is 452 g/mol. The summed E-state index contributed by atoms with van der Waals surface area (Å²) in [5.74, 6) is 1.30. The molecule has 1 saturated heterocycles. The van der Waals surface area contributed by atoms with Crippen molar-refractivity contribution in [1.82, 2.24) is 24.3 Å². The number of hydrogen-bond donors (Lipinski definition) is 2. The molecule has 36 heavy (non-hydrogen) atoms. The first-order valence-electron chi connectivity index (χ1n) is 13.7. The molecule has 0 spiro atoms. The Bertz CT molecular complexity index is 1290. The van der Waals surface area contributed by atoms with Crippen molar-refractivity contribution in [1.29, 1.82) is 0 Å². The number of likely N-dealkylation sites (N-methyl/N-ethyl adjacent to an activating group) is 1. The first-order valence-corrected chi connectivity index (χ1v) is 13.7. The minimum absolute atomic E-state index is 0.0303. The maximum absolute atomic E-state index is 14.0. The topological polar surface area (TPSA) is 86.5 Å². The van der Waals surface area contributed by atoms with Gasteiger partial charge >= 0.3 is 0 Å². The lowest BCUT2D eigenvalue weighted by Gasteiger charge is -2.32. The molecule has 0 radical (unpaired) electrons. The van der Waals surface area contributed by atoms with Crippen LogP contribution in [-0.2, 0) is 6.54 Å². The van der Waals surface area contributed by atoms with Crippen molar-refractivity contribution in [3.05, 3.63) is 40.3 Å². The summed E-state index contributed by atoms with van der Waals surface area (Å²) in [6.45, 7) is 5.99. The number of nitrogens with zero attached hydrogens (tertiary/aromatic N) is 5. The third-order valence-electron chi connectivity index (χ3n) is 8.63. The first-order chi connectivity index (χ1) is 17.5. The summed E-state index contributed by atoms with van der Waals surface area (Å²) in [5.41, 5.74) is 1.92. The zero-order valence-corrected chi connectivity index (χ0v) is 21.3. The van der Waals surface area contributed by atoms with Crippen LogP contribution in [-0.4, -0.2) is 75.3 Å². The summed E-state index contributed by atoms with van der Waals surface area (Å²) in [6, 6.07) is 6.38. The van der Waals surface area contributed by atoms with Crippen LogP contribution in [0, 0.1) is 5.92 Å². The third-order valence-corrected chi connectivity index (χ3v) is 8.63. The quantitative estimate of drug-likeness (QED) is 0.512. The Balaban J connectivity index is 1.40. The molecule has 8 heteroatoms. The SMILES string of the molecule is CN1CCN(Cc2ccc3c(c2)c(=O)n([C@H]2CC[C@H](O)CC2)c2nc(NCC4CCC4)ncc32)CC1. The highest BCUT2D eigenvalue weighted by atomic mass is 16.3. The van der Waals surface area contributed by atoms with Crippen LogP contribution in [0.2, 0.25) is 0 Å². The molecule has 2 N–H and O–H groups in total. The van der Waals surface area contributed by atoms with Crippen LogP contribution in [0.3, 0.4) is 0 Å². The average Bonchev–Trinajstić information content (AvgIpc) is 2.86. The van der Waals surface area contributed by atoms with Crippen molar-refractivity contribution in [3.8, 4) is 0 Å². The number of anilines is 1. The molecule has 3 aromatic rings. The van der Waals surface area contributed by atoms with E-state index >= 15 is 0 Å². The Hall–Kier alpha value is -2.55. The third kappa shape index (κ3) is 4.74. The van der Waals surface area contributed by atoms with Crippen molar-refractivity contribution in [3.63, 3.8) is 0 Å². The predicted octanol–water partition coefficient (Wildman–Crippen LogP) is 3.38. The van der Waals surface area contributed by atoms with E-state index in [1.54, 1.807) is 0 Å². The van der Waals surface area contributed by atoms with E-state index in [2.05, 4.69) is 45.3 Å². The number of fused-ring (bicyclic) bond motifs is 3. The smallest absolute Gasteiger partial charge is 0.260 e. The Kier molecular flexibility index (Phi) is 6.67. The zero-order chi connectivity index (χ0) is 24.6. The van der Waals surface area contributed by atoms with Gasteiger partial charge in [0.2, 0.25) is 5.95 Å². The van der Waals surface area contributed by atoms with Crippen LogP contribution in [0.5, 0.6) is 0 Å². The van der Waals surface area contributed by atoms with E-state index < -0.39 is 0 Å². The molecule has 0 bridgehead atoms. The summed E-state index contributed by atoms with van der Waals surface area (Å²) in [4.78, 5) is 28.4. The van der Waals surface area contributed by atoms with Gasteiger partial charge in [0.05, 0.1) is 6.10 Å². The van der Waals surface area contributed by atoms with Gasteiger partial charge in [-0.25, -0.2) is 4.98 Å². The number of aliphatic hydroxyl groups excluding tert-OH is 1. The fourth-order valence-electron chi connectivity index (χ4n) is 6.01. The van der Waals surface area contributed by atoms with Crippen LogP contribution in [0.1, 0.15) is 56.6 Å². The molecule has 1 aromatic carbocycles. The molecule has 192 valence electrons. The molecule has 3 fully saturated rings. The second-order valence-electron chi connectivity index (χ2n) is 11.2. The van der Waals surface area contributed by atoms with E-state index in [1.165, 1.54) is 24.8 Å². The first kappa shape index (κ1) is 23.8. The second-order valence-corrected chi connectivity index (χ2v) is 11.2. The molecule has 2 aliphatic carbocycles. The van der Waals surface area contributed by atoms with Gasteiger partial charge in [-0.1, -0.05) is 18.6 Å². The monoisotopic (exact) mass is 490 g/mol. The molecule has 6 rings (SSSR count). The van der Waals surface area contributed by atoms with Crippen molar-refractivity contribution in [2.45, 2.75) is 63.6 Å². The molecule has 0 amide bonds. The summed E-state index contributed by atoms with van der Waals surface area (Å²) in [5, 5.41) is 16.1. The Morgan fingerprint density at radius 1 is 1.00 bits per heavy atom. The van der Waals surface area contributed by atoms with Crippen molar-refractivity contribution < 1.29 is 5.11 Å². The highest BCUT2D eigenvalue weighted by Gasteiger charge is 2.26. The highest BCUT2D eigenvalue weighted by molar-refractivity contribution is 6.04. The molecule has 3 aliphatic rings. The summed E-state index contributed by atoms with van der Waals surface area (Å²) >= 11 is 0. The number of rotatable bonds is 6.